The number of nitrogens with zero attached hydrogens (tertiary/aromatic N) is 1. The van der Waals surface area contributed by atoms with Crippen LogP contribution in [0.15, 0.2) is 24.3 Å². The third-order valence-electron chi connectivity index (χ3n) is 5.24. The molecule has 3 unspecified atom stereocenters. The van der Waals surface area contributed by atoms with E-state index in [-0.39, 0.29) is 30.9 Å². The second-order valence-corrected chi connectivity index (χ2v) is 6.83. The second kappa shape index (κ2) is 5.96. The van der Waals surface area contributed by atoms with Crippen LogP contribution >= 0.6 is 0 Å². The number of rotatable bonds is 5. The molecule has 1 aromatic rings. The minimum Gasteiger partial charge on any atom is -0.481 e. The zero-order valence-corrected chi connectivity index (χ0v) is 13.6. The number of ether oxygens (including phenoxy) is 1. The number of carbonyl (C=O) groups is 2. The van der Waals surface area contributed by atoms with Gasteiger partial charge < -0.3 is 14.7 Å². The molecule has 2 fully saturated rings. The molecule has 0 spiro atoms. The Morgan fingerprint density at radius 2 is 2.13 bits per heavy atom. The Morgan fingerprint density at radius 1 is 1.39 bits per heavy atom. The molecule has 3 rings (SSSR count). The summed E-state index contributed by atoms with van der Waals surface area (Å²) in [5, 5.41) is 9.50. The highest BCUT2D eigenvalue weighted by Crippen LogP contribution is 2.50. The van der Waals surface area contributed by atoms with Crippen molar-refractivity contribution in [3.05, 3.63) is 35.4 Å². The van der Waals surface area contributed by atoms with Gasteiger partial charge in [-0.1, -0.05) is 24.3 Å². The molecule has 1 saturated carbocycles. The van der Waals surface area contributed by atoms with Crippen LogP contribution in [0.25, 0.3) is 0 Å². The lowest BCUT2D eigenvalue weighted by Gasteiger charge is -2.24. The van der Waals surface area contributed by atoms with E-state index in [1.54, 1.807) is 4.90 Å². The van der Waals surface area contributed by atoms with Gasteiger partial charge in [0.15, 0.2) is 0 Å². The highest BCUT2D eigenvalue weighted by Gasteiger charge is 2.51. The fourth-order valence-corrected chi connectivity index (χ4v) is 3.74. The first-order valence-corrected chi connectivity index (χ1v) is 8.05. The standard InChI is InChI=1S/C18H23NO4/c1-12-5-3-4-6-13(12)14-9-15(14)16(20)19-8-7-18(10-19,11-23-2)17(21)22/h3-6,14-15H,7-11H2,1-2H3,(H,21,22). The van der Waals surface area contributed by atoms with Gasteiger partial charge in [0, 0.05) is 26.1 Å². The van der Waals surface area contributed by atoms with Gasteiger partial charge in [-0.15, -0.1) is 0 Å². The van der Waals surface area contributed by atoms with Crippen molar-refractivity contribution < 1.29 is 19.4 Å². The summed E-state index contributed by atoms with van der Waals surface area (Å²) in [6.45, 7) is 2.98. The number of benzene rings is 1. The molecule has 1 N–H and O–H groups in total. The van der Waals surface area contributed by atoms with E-state index in [4.69, 9.17) is 4.74 Å². The van der Waals surface area contributed by atoms with Gasteiger partial charge in [-0.25, -0.2) is 0 Å². The SMILES string of the molecule is COCC1(C(=O)O)CCN(C(=O)C2CC2c2ccccc2C)C1. The van der Waals surface area contributed by atoms with Crippen molar-refractivity contribution in [2.24, 2.45) is 11.3 Å². The number of carboxylic acids is 1. The number of carboxylic acid groups (broad SMARTS) is 1. The molecule has 1 amide bonds. The van der Waals surface area contributed by atoms with Crippen molar-refractivity contribution in [1.29, 1.82) is 0 Å². The quantitative estimate of drug-likeness (QED) is 0.902. The highest BCUT2D eigenvalue weighted by atomic mass is 16.5. The van der Waals surface area contributed by atoms with E-state index < -0.39 is 11.4 Å². The lowest BCUT2D eigenvalue weighted by molar-refractivity contribution is -0.151. The first-order chi connectivity index (χ1) is 11.0. The topological polar surface area (TPSA) is 66.8 Å². The third kappa shape index (κ3) is 2.85. The fourth-order valence-electron chi connectivity index (χ4n) is 3.74. The number of aliphatic carboxylic acids is 1. The zero-order valence-electron chi connectivity index (χ0n) is 13.6. The van der Waals surface area contributed by atoms with Crippen LogP contribution in [0.1, 0.15) is 29.9 Å². The maximum Gasteiger partial charge on any atom is 0.313 e. The third-order valence-corrected chi connectivity index (χ3v) is 5.24. The molecule has 3 atom stereocenters. The summed E-state index contributed by atoms with van der Waals surface area (Å²) in [4.78, 5) is 26.0. The van der Waals surface area contributed by atoms with Gasteiger partial charge in [0.25, 0.3) is 0 Å². The Kier molecular flexibility index (Phi) is 4.15. The molecular formula is C18H23NO4. The summed E-state index contributed by atoms with van der Waals surface area (Å²) in [6, 6.07) is 8.17. The first kappa shape index (κ1) is 16.0. The fraction of sp³-hybridized carbons (Fsp3) is 0.556. The van der Waals surface area contributed by atoms with Crippen molar-refractivity contribution in [2.75, 3.05) is 26.8 Å². The Bertz CT molecular complexity index is 629. The normalized spacial score (nSPS) is 29.6. The summed E-state index contributed by atoms with van der Waals surface area (Å²) in [5.74, 6) is -0.493. The molecule has 0 aromatic heterocycles. The van der Waals surface area contributed by atoms with Crippen LogP contribution in [0.2, 0.25) is 0 Å². The smallest absolute Gasteiger partial charge is 0.313 e. The number of methoxy groups -OCH3 is 1. The number of hydrogen-bond donors (Lipinski definition) is 1. The minimum atomic E-state index is -0.947. The molecule has 0 bridgehead atoms. The lowest BCUT2D eigenvalue weighted by Crippen LogP contribution is -2.40. The summed E-state index contributed by atoms with van der Waals surface area (Å²) in [5.41, 5.74) is 1.51. The number of aryl methyl sites for hydroxylation is 1. The summed E-state index contributed by atoms with van der Waals surface area (Å²) in [7, 11) is 1.50. The van der Waals surface area contributed by atoms with Crippen LogP contribution in [0.5, 0.6) is 0 Å². The first-order valence-electron chi connectivity index (χ1n) is 8.05. The van der Waals surface area contributed by atoms with Gasteiger partial charge in [-0.2, -0.15) is 0 Å². The van der Waals surface area contributed by atoms with Crippen LogP contribution in [0.4, 0.5) is 0 Å². The van der Waals surface area contributed by atoms with Crippen molar-refractivity contribution in [1.82, 2.24) is 4.90 Å². The molecule has 5 heteroatoms. The van der Waals surface area contributed by atoms with E-state index in [9.17, 15) is 14.7 Å². The molecule has 1 aliphatic heterocycles. The van der Waals surface area contributed by atoms with Gasteiger partial charge in [-0.05, 0) is 36.8 Å². The molecule has 2 aliphatic rings. The Hall–Kier alpha value is -1.88. The summed E-state index contributed by atoms with van der Waals surface area (Å²) >= 11 is 0. The van der Waals surface area contributed by atoms with Crippen molar-refractivity contribution in [3.8, 4) is 0 Å². The minimum absolute atomic E-state index is 0.00300. The van der Waals surface area contributed by atoms with Gasteiger partial charge >= 0.3 is 5.97 Å². The predicted octanol–water partition coefficient (Wildman–Crippen LogP) is 2.05. The van der Waals surface area contributed by atoms with E-state index in [0.717, 1.165) is 6.42 Å². The zero-order chi connectivity index (χ0) is 16.6. The van der Waals surface area contributed by atoms with Gasteiger partial charge in [0.05, 0.1) is 6.61 Å². The van der Waals surface area contributed by atoms with Crippen LogP contribution in [-0.4, -0.2) is 48.7 Å². The van der Waals surface area contributed by atoms with Crippen molar-refractivity contribution in [3.63, 3.8) is 0 Å². The monoisotopic (exact) mass is 317 g/mol. The number of carbonyl (C=O) groups excluding carboxylic acids is 1. The van der Waals surface area contributed by atoms with E-state index in [1.807, 2.05) is 12.1 Å². The number of amides is 1. The molecular weight excluding hydrogens is 294 g/mol. The van der Waals surface area contributed by atoms with Crippen molar-refractivity contribution >= 4 is 11.9 Å². The Balaban J connectivity index is 1.67. The summed E-state index contributed by atoms with van der Waals surface area (Å²) in [6.07, 6.45) is 1.33. The van der Waals surface area contributed by atoms with Crippen LogP contribution in [0, 0.1) is 18.3 Å². The maximum absolute atomic E-state index is 12.7. The average molecular weight is 317 g/mol. The van der Waals surface area contributed by atoms with Gasteiger partial charge in [0.2, 0.25) is 5.91 Å². The van der Waals surface area contributed by atoms with E-state index in [2.05, 4.69) is 19.1 Å². The lowest BCUT2D eigenvalue weighted by atomic mass is 9.88. The molecule has 5 nitrogen and oxygen atoms in total. The van der Waals surface area contributed by atoms with Crippen LogP contribution < -0.4 is 0 Å². The van der Waals surface area contributed by atoms with Crippen molar-refractivity contribution in [2.45, 2.75) is 25.7 Å². The van der Waals surface area contributed by atoms with Gasteiger partial charge in [0.1, 0.15) is 5.41 Å². The molecule has 23 heavy (non-hydrogen) atoms. The van der Waals surface area contributed by atoms with Gasteiger partial charge in [-0.3, -0.25) is 9.59 Å². The molecule has 1 aromatic carbocycles. The second-order valence-electron chi connectivity index (χ2n) is 6.83. The predicted molar refractivity (Wildman–Crippen MR) is 85.2 cm³/mol. The summed E-state index contributed by atoms with van der Waals surface area (Å²) < 4.78 is 5.08. The largest absolute Gasteiger partial charge is 0.481 e. The Labute approximate surface area is 136 Å². The Morgan fingerprint density at radius 3 is 2.78 bits per heavy atom. The van der Waals surface area contributed by atoms with Crippen LogP contribution in [-0.2, 0) is 14.3 Å². The average Bonchev–Trinajstić information content (AvgIpc) is 3.19. The molecule has 1 heterocycles. The molecule has 1 aliphatic carbocycles. The van der Waals surface area contributed by atoms with Crippen LogP contribution in [0.3, 0.4) is 0 Å². The number of hydrogen-bond acceptors (Lipinski definition) is 3. The highest BCUT2D eigenvalue weighted by molar-refractivity contribution is 5.85. The van der Waals surface area contributed by atoms with E-state index in [1.165, 1.54) is 18.2 Å². The molecule has 124 valence electrons. The number of likely N-dealkylation sites (tertiary alicyclic amines) is 1. The molecule has 1 saturated heterocycles. The van der Waals surface area contributed by atoms with E-state index >= 15 is 0 Å². The maximum atomic E-state index is 12.7. The molecule has 0 radical (unpaired) electrons. The van der Waals surface area contributed by atoms with E-state index in [0.29, 0.717) is 13.0 Å².